The summed E-state index contributed by atoms with van der Waals surface area (Å²) >= 11 is 17.6. The lowest BCUT2D eigenvalue weighted by Crippen LogP contribution is -2.54. The minimum Gasteiger partial charge on any atom is -0.346 e. The van der Waals surface area contributed by atoms with Gasteiger partial charge in [0.1, 0.15) is 5.57 Å². The fraction of sp³-hybridized carbons (Fsp3) is 0.250. The number of thiocarbonyl (C=S) groups is 1. The van der Waals surface area contributed by atoms with Gasteiger partial charge in [-0.25, -0.2) is 0 Å². The summed E-state index contributed by atoms with van der Waals surface area (Å²) in [5, 5.41) is 3.04. The minimum absolute atomic E-state index is 0.000638. The van der Waals surface area contributed by atoms with E-state index in [1.165, 1.54) is 4.90 Å². The van der Waals surface area contributed by atoms with Crippen LogP contribution < -0.4 is 10.2 Å². The Hall–Kier alpha value is -2.15. The van der Waals surface area contributed by atoms with Gasteiger partial charge in [0.2, 0.25) is 0 Å². The fourth-order valence-corrected chi connectivity index (χ4v) is 4.19. The summed E-state index contributed by atoms with van der Waals surface area (Å²) in [5.41, 5.74) is 3.32. The molecule has 0 radical (unpaired) electrons. The molecule has 5 nitrogen and oxygen atoms in total. The van der Waals surface area contributed by atoms with Gasteiger partial charge in [-0.3, -0.25) is 19.8 Å². The van der Waals surface area contributed by atoms with Crippen LogP contribution in [-0.4, -0.2) is 21.5 Å². The van der Waals surface area contributed by atoms with Gasteiger partial charge in [-0.15, -0.1) is 0 Å². The fourth-order valence-electron chi connectivity index (χ4n) is 3.54. The number of halogens is 2. The van der Waals surface area contributed by atoms with Crippen LogP contribution in [0.3, 0.4) is 0 Å². The number of hydrogen-bond donors (Lipinski definition) is 1. The molecule has 2 amide bonds. The summed E-state index contributed by atoms with van der Waals surface area (Å²) in [6.07, 6.45) is 3.92. The first-order chi connectivity index (χ1) is 13.3. The Bertz CT molecular complexity index is 1070. The van der Waals surface area contributed by atoms with Gasteiger partial charge in [0.15, 0.2) is 5.11 Å². The van der Waals surface area contributed by atoms with E-state index in [9.17, 15) is 9.59 Å². The van der Waals surface area contributed by atoms with Gasteiger partial charge in [0.25, 0.3) is 11.8 Å². The summed E-state index contributed by atoms with van der Waals surface area (Å²) in [6.45, 7) is 4.03. The summed E-state index contributed by atoms with van der Waals surface area (Å²) < 4.78 is 2.26. The van der Waals surface area contributed by atoms with Crippen LogP contribution in [0.1, 0.15) is 35.8 Å². The zero-order chi connectivity index (χ0) is 20.2. The Labute approximate surface area is 177 Å². The molecule has 8 heteroatoms. The Balaban J connectivity index is 1.77. The van der Waals surface area contributed by atoms with Crippen LogP contribution >= 0.6 is 35.4 Å². The molecule has 1 aromatic heterocycles. The Morgan fingerprint density at radius 3 is 2.61 bits per heavy atom. The number of amides is 2. The highest BCUT2D eigenvalue weighted by atomic mass is 35.5. The normalized spacial score (nSPS) is 18.8. The van der Waals surface area contributed by atoms with Crippen molar-refractivity contribution in [2.75, 3.05) is 4.90 Å². The number of anilines is 1. The number of carbonyl (C=O) groups excluding carboxylic acids is 2. The maximum Gasteiger partial charge on any atom is 0.270 e. The third-order valence-corrected chi connectivity index (χ3v) is 6.10. The molecule has 144 valence electrons. The van der Waals surface area contributed by atoms with Gasteiger partial charge in [-0.05, 0) is 68.7 Å². The molecule has 2 fully saturated rings. The number of carbonyl (C=O) groups is 2. The van der Waals surface area contributed by atoms with Gasteiger partial charge < -0.3 is 4.57 Å². The Morgan fingerprint density at radius 2 is 1.93 bits per heavy atom. The standard InChI is InChI=1S/C20H17Cl2N3O2S/c1-10-8-12(11(2)24(10)13-6-7-13)9-14-18(26)23-20(28)25(19(14)27)16-5-3-4-15(21)17(16)22/h3-5,8-9,13H,6-7H2,1-2H3,(H,23,26,28)/b14-9-. The SMILES string of the molecule is Cc1cc(/C=C2/C(=O)NC(=S)N(c3cccc(Cl)c3Cl)C2=O)c(C)n1C1CC1. The van der Waals surface area contributed by atoms with Crippen LogP contribution in [0.2, 0.25) is 10.0 Å². The lowest BCUT2D eigenvalue weighted by Gasteiger charge is -2.29. The van der Waals surface area contributed by atoms with Gasteiger partial charge in [-0.1, -0.05) is 29.3 Å². The Morgan fingerprint density at radius 1 is 1.21 bits per heavy atom. The second kappa shape index (κ2) is 7.03. The minimum atomic E-state index is -0.533. The first-order valence-electron chi connectivity index (χ1n) is 8.83. The third kappa shape index (κ3) is 3.15. The highest BCUT2D eigenvalue weighted by Crippen LogP contribution is 2.39. The molecule has 1 aliphatic heterocycles. The van der Waals surface area contributed by atoms with Crippen molar-refractivity contribution in [3.8, 4) is 0 Å². The smallest absolute Gasteiger partial charge is 0.270 e. The molecular formula is C20H17Cl2N3O2S. The first-order valence-corrected chi connectivity index (χ1v) is 10.00. The molecule has 2 aliphatic rings. The average Bonchev–Trinajstić information content (AvgIpc) is 3.41. The van der Waals surface area contributed by atoms with Crippen molar-refractivity contribution in [1.82, 2.24) is 9.88 Å². The van der Waals surface area contributed by atoms with E-state index < -0.39 is 11.8 Å². The second-order valence-electron chi connectivity index (χ2n) is 6.96. The number of rotatable bonds is 3. The van der Waals surface area contributed by atoms with Gasteiger partial charge in [0, 0.05) is 17.4 Å². The molecule has 2 aromatic rings. The number of benzene rings is 1. The van der Waals surface area contributed by atoms with E-state index in [1.807, 2.05) is 19.9 Å². The van der Waals surface area contributed by atoms with Crippen molar-refractivity contribution in [2.45, 2.75) is 32.7 Å². The quantitative estimate of drug-likeness (QED) is 0.437. The number of nitrogens with one attached hydrogen (secondary N) is 1. The summed E-state index contributed by atoms with van der Waals surface area (Å²) in [7, 11) is 0. The topological polar surface area (TPSA) is 54.3 Å². The lowest BCUT2D eigenvalue weighted by molar-refractivity contribution is -0.122. The second-order valence-corrected chi connectivity index (χ2v) is 8.13. The maximum absolute atomic E-state index is 13.2. The predicted molar refractivity (Wildman–Crippen MR) is 115 cm³/mol. The maximum atomic E-state index is 13.2. The van der Waals surface area contributed by atoms with E-state index in [2.05, 4.69) is 9.88 Å². The van der Waals surface area contributed by atoms with E-state index in [1.54, 1.807) is 24.3 Å². The summed E-state index contributed by atoms with van der Waals surface area (Å²) in [4.78, 5) is 26.9. The molecular weight excluding hydrogens is 417 g/mol. The van der Waals surface area contributed by atoms with Gasteiger partial charge >= 0.3 is 0 Å². The highest BCUT2D eigenvalue weighted by molar-refractivity contribution is 7.80. The number of aromatic nitrogens is 1. The molecule has 1 saturated heterocycles. The van der Waals surface area contributed by atoms with Crippen molar-refractivity contribution in [1.29, 1.82) is 0 Å². The van der Waals surface area contributed by atoms with E-state index >= 15 is 0 Å². The van der Waals surface area contributed by atoms with Crippen LogP contribution in [0.5, 0.6) is 0 Å². The van der Waals surface area contributed by atoms with E-state index in [4.69, 9.17) is 35.4 Å². The molecule has 0 bridgehead atoms. The lowest BCUT2D eigenvalue weighted by atomic mass is 10.1. The number of hydrogen-bond acceptors (Lipinski definition) is 3. The molecule has 1 aromatic carbocycles. The van der Waals surface area contributed by atoms with Crippen LogP contribution in [0.25, 0.3) is 6.08 Å². The highest BCUT2D eigenvalue weighted by Gasteiger charge is 2.36. The van der Waals surface area contributed by atoms with E-state index in [-0.39, 0.29) is 15.7 Å². The first kappa shape index (κ1) is 19.2. The molecule has 4 rings (SSSR count). The molecule has 1 saturated carbocycles. The van der Waals surface area contributed by atoms with Gasteiger partial charge in [-0.2, -0.15) is 0 Å². The summed E-state index contributed by atoms with van der Waals surface area (Å²) in [5.74, 6) is -1.06. The van der Waals surface area contributed by atoms with Gasteiger partial charge in [0.05, 0.1) is 15.7 Å². The molecule has 0 spiro atoms. The van der Waals surface area contributed by atoms with Crippen LogP contribution in [0.15, 0.2) is 29.8 Å². The average molecular weight is 434 g/mol. The van der Waals surface area contributed by atoms with Crippen LogP contribution in [-0.2, 0) is 9.59 Å². The number of aryl methyl sites for hydroxylation is 1. The molecule has 2 heterocycles. The third-order valence-electron chi connectivity index (χ3n) is 5.01. The van der Waals surface area contributed by atoms with Crippen molar-refractivity contribution in [2.24, 2.45) is 0 Å². The monoisotopic (exact) mass is 433 g/mol. The van der Waals surface area contributed by atoms with Crippen molar-refractivity contribution in [3.05, 3.63) is 56.8 Å². The zero-order valence-electron chi connectivity index (χ0n) is 15.3. The number of nitrogens with zero attached hydrogens (tertiary/aromatic N) is 2. The summed E-state index contributed by atoms with van der Waals surface area (Å²) in [6, 6.07) is 7.42. The predicted octanol–water partition coefficient (Wildman–Crippen LogP) is 4.58. The molecule has 0 unspecified atom stereocenters. The molecule has 1 N–H and O–H groups in total. The van der Waals surface area contributed by atoms with E-state index in [0.29, 0.717) is 16.8 Å². The van der Waals surface area contributed by atoms with Crippen molar-refractivity contribution in [3.63, 3.8) is 0 Å². The van der Waals surface area contributed by atoms with Crippen molar-refractivity contribution < 1.29 is 9.59 Å². The zero-order valence-corrected chi connectivity index (χ0v) is 17.6. The van der Waals surface area contributed by atoms with Crippen LogP contribution in [0, 0.1) is 13.8 Å². The largest absolute Gasteiger partial charge is 0.346 e. The molecule has 0 atom stereocenters. The van der Waals surface area contributed by atoms with Crippen LogP contribution in [0.4, 0.5) is 5.69 Å². The Kier molecular flexibility index (Phi) is 4.81. The molecule has 1 aliphatic carbocycles. The molecule has 28 heavy (non-hydrogen) atoms. The van der Waals surface area contributed by atoms with Crippen molar-refractivity contribution >= 4 is 64.1 Å². The van der Waals surface area contributed by atoms with E-state index in [0.717, 1.165) is 29.8 Å².